The molecule has 0 fully saturated rings. The van der Waals surface area contributed by atoms with E-state index in [0.29, 0.717) is 25.4 Å². The van der Waals surface area contributed by atoms with Crippen molar-refractivity contribution in [2.24, 2.45) is 0 Å². The number of benzene rings is 1. The predicted molar refractivity (Wildman–Crippen MR) is 79.3 cm³/mol. The maximum atomic E-state index is 11.7. The van der Waals surface area contributed by atoms with Crippen molar-refractivity contribution in [1.82, 2.24) is 0 Å². The lowest BCUT2D eigenvalue weighted by Gasteiger charge is -2.06. The SMILES string of the molecule is CCCCOCCOOC(=O)c1ccc(OCCC)cc1. The van der Waals surface area contributed by atoms with Gasteiger partial charge in [0.05, 0.1) is 18.8 Å². The van der Waals surface area contributed by atoms with E-state index in [1.807, 2.05) is 6.92 Å². The van der Waals surface area contributed by atoms with Crippen molar-refractivity contribution < 1.29 is 24.0 Å². The highest BCUT2D eigenvalue weighted by Crippen LogP contribution is 2.13. The lowest BCUT2D eigenvalue weighted by molar-refractivity contribution is -0.247. The summed E-state index contributed by atoms with van der Waals surface area (Å²) in [5.41, 5.74) is 0.422. The summed E-state index contributed by atoms with van der Waals surface area (Å²) in [5, 5.41) is 0. The molecule has 1 aromatic rings. The number of unbranched alkanes of at least 4 members (excludes halogenated alkanes) is 1. The summed E-state index contributed by atoms with van der Waals surface area (Å²) < 4.78 is 10.7. The Morgan fingerprint density at radius 2 is 1.71 bits per heavy atom. The average Bonchev–Trinajstić information content (AvgIpc) is 2.52. The number of hydrogen-bond donors (Lipinski definition) is 0. The molecule has 0 aliphatic heterocycles. The second-order valence-electron chi connectivity index (χ2n) is 4.53. The monoisotopic (exact) mass is 296 g/mol. The number of ether oxygens (including phenoxy) is 2. The average molecular weight is 296 g/mol. The molecule has 118 valence electrons. The first-order chi connectivity index (χ1) is 10.3. The van der Waals surface area contributed by atoms with E-state index < -0.39 is 5.97 Å². The third-order valence-electron chi connectivity index (χ3n) is 2.65. The Hall–Kier alpha value is -1.59. The van der Waals surface area contributed by atoms with E-state index in [1.165, 1.54) is 0 Å². The van der Waals surface area contributed by atoms with E-state index in [9.17, 15) is 4.79 Å². The molecular formula is C16H24O5. The van der Waals surface area contributed by atoms with Gasteiger partial charge in [0, 0.05) is 6.61 Å². The van der Waals surface area contributed by atoms with Crippen LogP contribution in [0.2, 0.25) is 0 Å². The summed E-state index contributed by atoms with van der Waals surface area (Å²) in [7, 11) is 0. The smallest absolute Gasteiger partial charge is 0.373 e. The molecule has 0 heterocycles. The molecule has 5 heteroatoms. The molecule has 0 aliphatic carbocycles. The van der Waals surface area contributed by atoms with Gasteiger partial charge in [0.15, 0.2) is 0 Å². The molecule has 0 aromatic heterocycles. The topological polar surface area (TPSA) is 54.0 Å². The van der Waals surface area contributed by atoms with Crippen LogP contribution >= 0.6 is 0 Å². The third kappa shape index (κ3) is 7.68. The van der Waals surface area contributed by atoms with Gasteiger partial charge in [0.2, 0.25) is 0 Å². The zero-order valence-corrected chi connectivity index (χ0v) is 12.8. The molecule has 0 amide bonds. The maximum absolute atomic E-state index is 11.7. The van der Waals surface area contributed by atoms with Crippen LogP contribution < -0.4 is 4.74 Å². The Bertz CT molecular complexity index is 388. The highest BCUT2D eigenvalue weighted by Gasteiger charge is 2.08. The Balaban J connectivity index is 2.19. The number of hydrogen-bond acceptors (Lipinski definition) is 5. The lowest BCUT2D eigenvalue weighted by Crippen LogP contribution is -2.10. The van der Waals surface area contributed by atoms with Crippen LogP contribution in [0.1, 0.15) is 43.5 Å². The van der Waals surface area contributed by atoms with E-state index in [0.717, 1.165) is 25.0 Å². The number of carbonyl (C=O) groups excluding carboxylic acids is 1. The Morgan fingerprint density at radius 3 is 2.38 bits per heavy atom. The van der Waals surface area contributed by atoms with Crippen LogP contribution in [0.4, 0.5) is 0 Å². The highest BCUT2D eigenvalue weighted by molar-refractivity contribution is 5.89. The minimum Gasteiger partial charge on any atom is -0.494 e. The summed E-state index contributed by atoms with van der Waals surface area (Å²) in [5.74, 6) is 0.212. The van der Waals surface area contributed by atoms with Gasteiger partial charge in [-0.15, -0.1) is 0 Å². The minimum atomic E-state index is -0.523. The molecule has 0 saturated carbocycles. The molecular weight excluding hydrogens is 272 g/mol. The van der Waals surface area contributed by atoms with E-state index in [-0.39, 0.29) is 6.61 Å². The molecule has 0 radical (unpaired) electrons. The van der Waals surface area contributed by atoms with Crippen molar-refractivity contribution in [2.45, 2.75) is 33.1 Å². The van der Waals surface area contributed by atoms with Gasteiger partial charge >= 0.3 is 5.97 Å². The highest BCUT2D eigenvalue weighted by atomic mass is 17.2. The summed E-state index contributed by atoms with van der Waals surface area (Å²) in [6.45, 7) is 6.14. The van der Waals surface area contributed by atoms with Crippen molar-refractivity contribution in [1.29, 1.82) is 0 Å². The van der Waals surface area contributed by atoms with Gasteiger partial charge in [0.1, 0.15) is 12.4 Å². The van der Waals surface area contributed by atoms with Crippen LogP contribution in [0, 0.1) is 0 Å². The molecule has 0 N–H and O–H groups in total. The van der Waals surface area contributed by atoms with Crippen molar-refractivity contribution in [2.75, 3.05) is 26.4 Å². The van der Waals surface area contributed by atoms with Gasteiger partial charge < -0.3 is 9.47 Å². The van der Waals surface area contributed by atoms with Gasteiger partial charge in [0.25, 0.3) is 0 Å². The lowest BCUT2D eigenvalue weighted by atomic mass is 10.2. The zero-order chi connectivity index (χ0) is 15.3. The fourth-order valence-electron chi connectivity index (χ4n) is 1.49. The summed E-state index contributed by atoms with van der Waals surface area (Å²) in [6, 6.07) is 6.77. The molecule has 1 rings (SSSR count). The molecule has 0 spiro atoms. The molecule has 0 atom stereocenters. The molecule has 0 saturated heterocycles. The minimum absolute atomic E-state index is 0.229. The van der Waals surface area contributed by atoms with Crippen molar-refractivity contribution in [3.63, 3.8) is 0 Å². The van der Waals surface area contributed by atoms with Gasteiger partial charge in [-0.1, -0.05) is 20.3 Å². The quantitative estimate of drug-likeness (QED) is 0.356. The molecule has 0 unspecified atom stereocenters. The standard InChI is InChI=1S/C16H24O5/c1-3-5-11-18-12-13-20-21-16(17)14-6-8-15(9-7-14)19-10-4-2/h6-9H,3-5,10-13H2,1-2H3. The number of carbonyl (C=O) groups is 1. The number of rotatable bonds is 11. The summed E-state index contributed by atoms with van der Waals surface area (Å²) in [6.07, 6.45) is 3.05. The third-order valence-corrected chi connectivity index (χ3v) is 2.65. The molecule has 1 aromatic carbocycles. The van der Waals surface area contributed by atoms with Gasteiger partial charge in [-0.3, -0.25) is 4.89 Å². The normalized spacial score (nSPS) is 10.4. The molecule has 0 aliphatic rings. The summed E-state index contributed by atoms with van der Waals surface area (Å²) >= 11 is 0. The molecule has 0 bridgehead atoms. The molecule has 5 nitrogen and oxygen atoms in total. The van der Waals surface area contributed by atoms with E-state index >= 15 is 0 Å². The van der Waals surface area contributed by atoms with Crippen LogP contribution in [0.5, 0.6) is 5.75 Å². The van der Waals surface area contributed by atoms with E-state index in [2.05, 4.69) is 6.92 Å². The van der Waals surface area contributed by atoms with Crippen LogP contribution in [-0.4, -0.2) is 32.4 Å². The maximum Gasteiger partial charge on any atom is 0.373 e. The van der Waals surface area contributed by atoms with Gasteiger partial charge in [-0.05, 0) is 37.1 Å². The van der Waals surface area contributed by atoms with E-state index in [4.69, 9.17) is 19.2 Å². The first kappa shape index (κ1) is 17.5. The first-order valence-corrected chi connectivity index (χ1v) is 7.42. The van der Waals surface area contributed by atoms with Crippen LogP contribution in [0.25, 0.3) is 0 Å². The Labute approximate surface area is 126 Å². The van der Waals surface area contributed by atoms with Crippen molar-refractivity contribution in [3.8, 4) is 5.75 Å². The fraction of sp³-hybridized carbons (Fsp3) is 0.562. The predicted octanol–water partition coefficient (Wildman–Crippen LogP) is 3.38. The van der Waals surface area contributed by atoms with E-state index in [1.54, 1.807) is 24.3 Å². The fourth-order valence-corrected chi connectivity index (χ4v) is 1.49. The van der Waals surface area contributed by atoms with Crippen molar-refractivity contribution >= 4 is 5.97 Å². The van der Waals surface area contributed by atoms with Gasteiger partial charge in [-0.25, -0.2) is 4.79 Å². The van der Waals surface area contributed by atoms with Crippen LogP contribution in [0.3, 0.4) is 0 Å². The second kappa shape index (κ2) is 11.1. The largest absolute Gasteiger partial charge is 0.494 e. The zero-order valence-electron chi connectivity index (χ0n) is 12.8. The molecule has 21 heavy (non-hydrogen) atoms. The second-order valence-corrected chi connectivity index (χ2v) is 4.53. The van der Waals surface area contributed by atoms with Gasteiger partial charge in [-0.2, -0.15) is 4.89 Å². The van der Waals surface area contributed by atoms with Crippen LogP contribution in [0.15, 0.2) is 24.3 Å². The summed E-state index contributed by atoms with van der Waals surface area (Å²) in [4.78, 5) is 21.2. The Kier molecular flexibility index (Phi) is 9.24. The first-order valence-electron chi connectivity index (χ1n) is 7.42. The van der Waals surface area contributed by atoms with Crippen LogP contribution in [-0.2, 0) is 14.5 Å². The Morgan fingerprint density at radius 1 is 0.952 bits per heavy atom. The van der Waals surface area contributed by atoms with Crippen molar-refractivity contribution in [3.05, 3.63) is 29.8 Å².